The van der Waals surface area contributed by atoms with Crippen molar-refractivity contribution in [3.8, 4) is 0 Å². The minimum absolute atomic E-state index is 0.0215. The summed E-state index contributed by atoms with van der Waals surface area (Å²) >= 11 is 1.53. The van der Waals surface area contributed by atoms with E-state index in [2.05, 4.69) is 4.90 Å². The molecular weight excluding hydrogens is 300 g/mol. The predicted molar refractivity (Wildman–Crippen MR) is 88.7 cm³/mol. The van der Waals surface area contributed by atoms with Gasteiger partial charge in [0.05, 0.1) is 19.8 Å². The summed E-state index contributed by atoms with van der Waals surface area (Å²) in [7, 11) is 4.07. The van der Waals surface area contributed by atoms with Gasteiger partial charge in [-0.05, 0) is 37.2 Å². The fourth-order valence-corrected chi connectivity index (χ4v) is 3.33. The van der Waals surface area contributed by atoms with Crippen molar-refractivity contribution in [2.45, 2.75) is 6.61 Å². The number of rotatable bonds is 5. The highest BCUT2D eigenvalue weighted by Crippen LogP contribution is 2.16. The smallest absolute Gasteiger partial charge is 0.246 e. The fraction of sp³-hybridized carbons (Fsp3) is 0.562. The molecule has 0 spiro atoms. The third kappa shape index (κ3) is 5.21. The number of hydrogen-bond acceptors (Lipinski definition) is 5. The van der Waals surface area contributed by atoms with Gasteiger partial charge in [-0.1, -0.05) is 0 Å². The lowest BCUT2D eigenvalue weighted by Crippen LogP contribution is -2.37. The lowest BCUT2D eigenvalue weighted by atomic mass is 10.1. The monoisotopic (exact) mass is 324 g/mol. The number of aliphatic hydroxyl groups excluding tert-OH is 1. The third-order valence-electron chi connectivity index (χ3n) is 3.52. The van der Waals surface area contributed by atoms with Crippen LogP contribution in [0.5, 0.6) is 0 Å². The van der Waals surface area contributed by atoms with E-state index in [-0.39, 0.29) is 12.5 Å². The zero-order valence-electron chi connectivity index (χ0n) is 13.2. The lowest BCUT2D eigenvalue weighted by molar-refractivity contribution is -0.126. The molecule has 1 aromatic heterocycles. The van der Waals surface area contributed by atoms with E-state index in [1.807, 2.05) is 36.5 Å². The summed E-state index contributed by atoms with van der Waals surface area (Å²) in [5, 5.41) is 11.0. The zero-order chi connectivity index (χ0) is 15.9. The molecule has 1 fully saturated rings. The number of ether oxygens (including phenoxy) is 1. The normalized spacial score (nSPS) is 19.8. The Kier molecular flexibility index (Phi) is 6.57. The minimum Gasteiger partial charge on any atom is -0.392 e. The van der Waals surface area contributed by atoms with Crippen LogP contribution in [-0.2, 0) is 16.1 Å². The molecule has 1 aliphatic heterocycles. The van der Waals surface area contributed by atoms with Crippen LogP contribution in [-0.4, -0.2) is 67.8 Å². The van der Waals surface area contributed by atoms with Gasteiger partial charge < -0.3 is 19.6 Å². The van der Waals surface area contributed by atoms with E-state index in [0.29, 0.717) is 25.7 Å². The van der Waals surface area contributed by atoms with Gasteiger partial charge in [0.1, 0.15) is 0 Å². The van der Waals surface area contributed by atoms with Crippen LogP contribution in [0.3, 0.4) is 0 Å². The first-order chi connectivity index (χ1) is 10.6. The van der Waals surface area contributed by atoms with E-state index in [4.69, 9.17) is 9.84 Å². The van der Waals surface area contributed by atoms with E-state index in [0.717, 1.165) is 23.5 Å². The van der Waals surface area contributed by atoms with Gasteiger partial charge in [0.25, 0.3) is 0 Å². The number of amides is 1. The average molecular weight is 324 g/mol. The Balaban J connectivity index is 1.94. The molecule has 0 radical (unpaired) electrons. The van der Waals surface area contributed by atoms with Crippen LogP contribution in [0.25, 0.3) is 6.08 Å². The van der Waals surface area contributed by atoms with E-state index in [1.54, 1.807) is 6.08 Å². The first-order valence-corrected chi connectivity index (χ1v) is 8.34. The van der Waals surface area contributed by atoms with Gasteiger partial charge in [-0.15, -0.1) is 11.3 Å². The fourth-order valence-electron chi connectivity index (χ4n) is 2.53. The number of aliphatic hydroxyl groups is 1. The standard InChI is InChI=1S/C16H24N2O3S/c1-17(2)8-14-9-18(5-6-21-11-14)16(20)4-3-15-7-13(10-19)12-22-15/h3-4,7,12,14,19H,5-6,8-11H2,1-2H3/b4-3+. The topological polar surface area (TPSA) is 53.0 Å². The first kappa shape index (κ1) is 17.1. The maximum absolute atomic E-state index is 12.4. The highest BCUT2D eigenvalue weighted by atomic mass is 32.1. The van der Waals surface area contributed by atoms with E-state index in [9.17, 15) is 4.79 Å². The van der Waals surface area contributed by atoms with Gasteiger partial charge >= 0.3 is 0 Å². The summed E-state index contributed by atoms with van der Waals surface area (Å²) in [6, 6.07) is 1.90. The second-order valence-electron chi connectivity index (χ2n) is 5.84. The molecule has 1 unspecified atom stereocenters. The molecule has 1 N–H and O–H groups in total. The summed E-state index contributed by atoms with van der Waals surface area (Å²) in [5.74, 6) is 0.366. The molecule has 0 saturated carbocycles. The number of nitrogens with zero attached hydrogens (tertiary/aromatic N) is 2. The van der Waals surface area contributed by atoms with Crippen LogP contribution in [0.4, 0.5) is 0 Å². The van der Waals surface area contributed by atoms with Crippen LogP contribution in [0.15, 0.2) is 17.5 Å². The molecular formula is C16H24N2O3S. The van der Waals surface area contributed by atoms with Crippen LogP contribution in [0.2, 0.25) is 0 Å². The molecule has 5 nitrogen and oxygen atoms in total. The Morgan fingerprint density at radius 2 is 2.41 bits per heavy atom. The van der Waals surface area contributed by atoms with Crippen molar-refractivity contribution < 1.29 is 14.6 Å². The quantitative estimate of drug-likeness (QED) is 0.829. The highest BCUT2D eigenvalue weighted by Gasteiger charge is 2.21. The van der Waals surface area contributed by atoms with Gasteiger partial charge in [0.15, 0.2) is 0 Å². The van der Waals surface area contributed by atoms with Gasteiger partial charge in [0.2, 0.25) is 5.91 Å². The summed E-state index contributed by atoms with van der Waals surface area (Å²) in [6.45, 7) is 3.62. The van der Waals surface area contributed by atoms with Gasteiger partial charge in [0, 0.05) is 36.5 Å². The second kappa shape index (κ2) is 8.43. The summed E-state index contributed by atoms with van der Waals surface area (Å²) in [6.07, 6.45) is 3.43. The van der Waals surface area contributed by atoms with E-state index >= 15 is 0 Å². The van der Waals surface area contributed by atoms with Gasteiger partial charge in [-0.2, -0.15) is 0 Å². The number of carbonyl (C=O) groups is 1. The van der Waals surface area contributed by atoms with Crippen molar-refractivity contribution in [3.63, 3.8) is 0 Å². The maximum Gasteiger partial charge on any atom is 0.246 e. The Morgan fingerprint density at radius 1 is 1.59 bits per heavy atom. The third-order valence-corrected chi connectivity index (χ3v) is 4.47. The second-order valence-corrected chi connectivity index (χ2v) is 6.78. The average Bonchev–Trinajstić information content (AvgIpc) is 2.83. The molecule has 1 atom stereocenters. The highest BCUT2D eigenvalue weighted by molar-refractivity contribution is 7.11. The van der Waals surface area contributed by atoms with Crippen molar-refractivity contribution in [2.24, 2.45) is 5.92 Å². The van der Waals surface area contributed by atoms with Crippen LogP contribution >= 0.6 is 11.3 Å². The molecule has 2 rings (SSSR count). The van der Waals surface area contributed by atoms with Crippen LogP contribution < -0.4 is 0 Å². The molecule has 0 aromatic carbocycles. The van der Waals surface area contributed by atoms with Gasteiger partial charge in [-0.25, -0.2) is 0 Å². The van der Waals surface area contributed by atoms with Crippen molar-refractivity contribution >= 4 is 23.3 Å². The molecule has 22 heavy (non-hydrogen) atoms. The molecule has 1 saturated heterocycles. The maximum atomic E-state index is 12.4. The van der Waals surface area contributed by atoms with E-state index in [1.165, 1.54) is 11.3 Å². The largest absolute Gasteiger partial charge is 0.392 e. The molecule has 1 aliphatic rings. The number of thiophene rings is 1. The molecule has 122 valence electrons. The predicted octanol–water partition coefficient (Wildman–Crippen LogP) is 1.29. The van der Waals surface area contributed by atoms with Crippen molar-refractivity contribution in [2.75, 3.05) is 46.9 Å². The Hall–Kier alpha value is -1.21. The van der Waals surface area contributed by atoms with E-state index < -0.39 is 0 Å². The summed E-state index contributed by atoms with van der Waals surface area (Å²) in [5.41, 5.74) is 0.881. The number of carbonyl (C=O) groups excluding carboxylic acids is 1. The van der Waals surface area contributed by atoms with Crippen molar-refractivity contribution in [3.05, 3.63) is 28.0 Å². The van der Waals surface area contributed by atoms with Crippen LogP contribution in [0, 0.1) is 5.92 Å². The molecule has 1 amide bonds. The Morgan fingerprint density at radius 3 is 3.09 bits per heavy atom. The molecule has 6 heteroatoms. The van der Waals surface area contributed by atoms with Crippen molar-refractivity contribution in [1.82, 2.24) is 9.80 Å². The SMILES string of the molecule is CN(C)CC1COCCN(C(=O)/C=C/c2cc(CO)cs2)C1. The first-order valence-electron chi connectivity index (χ1n) is 7.46. The summed E-state index contributed by atoms with van der Waals surface area (Å²) in [4.78, 5) is 17.3. The van der Waals surface area contributed by atoms with Crippen LogP contribution in [0.1, 0.15) is 10.4 Å². The Bertz CT molecular complexity index is 513. The van der Waals surface area contributed by atoms with Crippen molar-refractivity contribution in [1.29, 1.82) is 0 Å². The summed E-state index contributed by atoms with van der Waals surface area (Å²) < 4.78 is 5.60. The lowest BCUT2D eigenvalue weighted by Gasteiger charge is -2.24. The molecule has 2 heterocycles. The molecule has 0 aliphatic carbocycles. The Labute approximate surface area is 135 Å². The molecule has 1 aromatic rings. The number of hydrogen-bond donors (Lipinski definition) is 1. The minimum atomic E-state index is 0.0215. The molecule has 0 bridgehead atoms. The van der Waals surface area contributed by atoms with Gasteiger partial charge in [-0.3, -0.25) is 4.79 Å². The zero-order valence-corrected chi connectivity index (χ0v) is 14.0.